The maximum atomic E-state index is 9.16. The molecule has 23 heavy (non-hydrogen) atoms. The smallest absolute Gasteiger partial charge is 0.158 e. The molecule has 1 aliphatic carbocycles. The van der Waals surface area contributed by atoms with Gasteiger partial charge in [-0.2, -0.15) is 9.61 Å². The summed E-state index contributed by atoms with van der Waals surface area (Å²) < 4.78 is 2.58. The largest absolute Gasteiger partial charge is 0.396 e. The Morgan fingerprint density at radius 3 is 2.70 bits per heavy atom. The van der Waals surface area contributed by atoms with Crippen molar-refractivity contribution < 1.29 is 15.3 Å². The molecule has 2 aromatic rings. The minimum absolute atomic E-state index is 0.289. The Morgan fingerprint density at radius 2 is 2.09 bits per heavy atom. The van der Waals surface area contributed by atoms with Crippen LogP contribution in [0, 0.1) is 5.92 Å². The lowest BCUT2D eigenvalue weighted by Crippen LogP contribution is -2.18. The fraction of sp³-hybridized carbons (Fsp3) is 0.600. The molecule has 8 heteroatoms. The number of hydrogen-bond acceptors (Lipinski definition) is 6. The van der Waals surface area contributed by atoms with Gasteiger partial charge in [0.25, 0.3) is 0 Å². The Balaban J connectivity index is 0.000000338. The second-order valence-electron chi connectivity index (χ2n) is 6.26. The monoisotopic (exact) mass is 386 g/mol. The van der Waals surface area contributed by atoms with Gasteiger partial charge in [-0.15, -0.1) is 0 Å². The van der Waals surface area contributed by atoms with E-state index < -0.39 is 5.79 Å². The van der Waals surface area contributed by atoms with Gasteiger partial charge in [0.15, 0.2) is 11.4 Å². The molecule has 0 bridgehead atoms. The average molecular weight is 387 g/mol. The number of fused-ring (bicyclic) bond motifs is 1. The van der Waals surface area contributed by atoms with Crippen molar-refractivity contribution in [2.45, 2.75) is 44.9 Å². The molecule has 128 valence electrons. The predicted octanol–water partition coefficient (Wildman–Crippen LogP) is 1.77. The van der Waals surface area contributed by atoms with Gasteiger partial charge in [-0.1, -0.05) is 0 Å². The van der Waals surface area contributed by atoms with Gasteiger partial charge in [-0.25, -0.2) is 4.98 Å². The topological polar surface area (TPSA) is 103 Å². The highest BCUT2D eigenvalue weighted by Crippen LogP contribution is 2.27. The number of aliphatic hydroxyl groups excluding tert-OH is 1. The lowest BCUT2D eigenvalue weighted by atomic mass is 10.1. The fourth-order valence-electron chi connectivity index (χ4n) is 2.56. The number of nitrogens with zero attached hydrogens (tertiary/aromatic N) is 3. The molecule has 0 amide bonds. The van der Waals surface area contributed by atoms with Gasteiger partial charge < -0.3 is 20.6 Å². The summed E-state index contributed by atoms with van der Waals surface area (Å²) in [6.45, 7) is 2.89. The van der Waals surface area contributed by atoms with Crippen LogP contribution >= 0.6 is 15.9 Å². The molecule has 4 N–H and O–H groups in total. The Hall–Kier alpha value is -1.22. The van der Waals surface area contributed by atoms with E-state index in [2.05, 4.69) is 31.3 Å². The van der Waals surface area contributed by atoms with Crippen LogP contribution < -0.4 is 5.32 Å². The molecule has 7 nitrogen and oxygen atoms in total. The number of anilines is 1. The van der Waals surface area contributed by atoms with Crippen molar-refractivity contribution in [1.82, 2.24) is 14.6 Å². The van der Waals surface area contributed by atoms with Crippen molar-refractivity contribution in [3.05, 3.63) is 22.9 Å². The first-order valence-corrected chi connectivity index (χ1v) is 8.38. The van der Waals surface area contributed by atoms with Gasteiger partial charge in [0.2, 0.25) is 0 Å². The van der Waals surface area contributed by atoms with E-state index in [0.717, 1.165) is 35.3 Å². The summed E-state index contributed by atoms with van der Waals surface area (Å²) in [4.78, 5) is 4.26. The third-order valence-electron chi connectivity index (χ3n) is 3.48. The summed E-state index contributed by atoms with van der Waals surface area (Å²) >= 11 is 3.36. The van der Waals surface area contributed by atoms with Gasteiger partial charge in [0.05, 0.1) is 0 Å². The summed E-state index contributed by atoms with van der Waals surface area (Å²) in [5.41, 5.74) is 0.823. The van der Waals surface area contributed by atoms with E-state index in [1.807, 2.05) is 12.1 Å². The Morgan fingerprint density at radius 1 is 1.39 bits per heavy atom. The van der Waals surface area contributed by atoms with E-state index in [9.17, 15) is 0 Å². The van der Waals surface area contributed by atoms with Crippen molar-refractivity contribution in [2.75, 3.05) is 11.9 Å². The average Bonchev–Trinajstić information content (AvgIpc) is 3.03. The fourth-order valence-corrected chi connectivity index (χ4v) is 2.92. The number of aliphatic hydroxyl groups is 3. The Bertz CT molecular complexity index is 635. The summed E-state index contributed by atoms with van der Waals surface area (Å²) in [6.07, 6.45) is 4.98. The highest BCUT2D eigenvalue weighted by molar-refractivity contribution is 9.10. The lowest BCUT2D eigenvalue weighted by molar-refractivity contribution is -0.127. The van der Waals surface area contributed by atoms with Crippen molar-refractivity contribution in [1.29, 1.82) is 0 Å². The minimum atomic E-state index is -1.50. The molecule has 1 saturated carbocycles. The molecule has 1 fully saturated rings. The highest BCUT2D eigenvalue weighted by Gasteiger charge is 2.24. The molecule has 0 saturated heterocycles. The zero-order valence-electron chi connectivity index (χ0n) is 13.3. The highest BCUT2D eigenvalue weighted by atomic mass is 79.9. The number of nitrogens with one attached hydrogen (secondary N) is 1. The van der Waals surface area contributed by atoms with Crippen molar-refractivity contribution >= 4 is 27.4 Å². The Labute approximate surface area is 143 Å². The molecular weight excluding hydrogens is 364 g/mol. The normalized spacial score (nSPS) is 21.1. The molecule has 2 aromatic heterocycles. The van der Waals surface area contributed by atoms with Crippen molar-refractivity contribution in [3.8, 4) is 0 Å². The van der Waals surface area contributed by atoms with Crippen LogP contribution in [0.25, 0.3) is 5.65 Å². The summed E-state index contributed by atoms with van der Waals surface area (Å²) in [7, 11) is 0. The molecule has 0 aliphatic heterocycles. The van der Waals surface area contributed by atoms with E-state index in [1.165, 1.54) is 13.8 Å². The second-order valence-corrected chi connectivity index (χ2v) is 7.08. The molecule has 2 unspecified atom stereocenters. The van der Waals surface area contributed by atoms with Crippen molar-refractivity contribution in [3.63, 3.8) is 0 Å². The molecular formula is C15H23BrN4O3. The van der Waals surface area contributed by atoms with Crippen LogP contribution in [0.5, 0.6) is 0 Å². The van der Waals surface area contributed by atoms with Gasteiger partial charge >= 0.3 is 0 Å². The van der Waals surface area contributed by atoms with Gasteiger partial charge in [0.1, 0.15) is 10.4 Å². The van der Waals surface area contributed by atoms with Crippen LogP contribution in [-0.4, -0.2) is 48.4 Å². The molecule has 0 radical (unpaired) electrons. The third kappa shape index (κ3) is 5.72. The molecule has 1 aliphatic rings. The van der Waals surface area contributed by atoms with Crippen LogP contribution in [-0.2, 0) is 0 Å². The SMILES string of the molecule is CC(C)(O)O.OCC1CCC(Nc2ccnc3cc(Br)nn23)C1. The molecule has 2 atom stereocenters. The van der Waals surface area contributed by atoms with Gasteiger partial charge in [-0.3, -0.25) is 0 Å². The van der Waals surface area contributed by atoms with Crippen LogP contribution in [0.15, 0.2) is 22.9 Å². The first kappa shape index (κ1) is 18.1. The number of rotatable bonds is 3. The van der Waals surface area contributed by atoms with E-state index in [4.69, 9.17) is 15.3 Å². The summed E-state index contributed by atoms with van der Waals surface area (Å²) in [6, 6.07) is 4.23. The van der Waals surface area contributed by atoms with E-state index >= 15 is 0 Å². The number of aromatic nitrogens is 3. The minimum Gasteiger partial charge on any atom is -0.396 e. The summed E-state index contributed by atoms with van der Waals surface area (Å²) in [5.74, 6) is -0.113. The number of hydrogen-bond donors (Lipinski definition) is 4. The molecule has 2 heterocycles. The number of halogens is 1. The zero-order chi connectivity index (χ0) is 17.0. The molecule has 0 aromatic carbocycles. The first-order valence-electron chi connectivity index (χ1n) is 7.58. The van der Waals surface area contributed by atoms with Gasteiger partial charge in [-0.05, 0) is 61.0 Å². The molecule has 0 spiro atoms. The zero-order valence-corrected chi connectivity index (χ0v) is 14.9. The van der Waals surface area contributed by atoms with Crippen LogP contribution in [0.2, 0.25) is 0 Å². The quantitative estimate of drug-likeness (QED) is 0.599. The van der Waals surface area contributed by atoms with Crippen LogP contribution in [0.3, 0.4) is 0 Å². The standard InChI is InChI=1S/C12H15BrN4O.C3H8O2/c13-10-6-12-14-4-3-11(17(12)16-10)15-9-2-1-8(5-9)7-18;1-3(2,4)5/h3-4,6,8-9,15,18H,1-2,5,7H2;4-5H,1-2H3. The van der Waals surface area contributed by atoms with E-state index in [0.29, 0.717) is 12.0 Å². The van der Waals surface area contributed by atoms with E-state index in [1.54, 1.807) is 10.7 Å². The third-order valence-corrected chi connectivity index (χ3v) is 3.87. The lowest BCUT2D eigenvalue weighted by Gasteiger charge is -2.14. The van der Waals surface area contributed by atoms with Crippen LogP contribution in [0.1, 0.15) is 33.1 Å². The second kappa shape index (κ2) is 7.57. The summed E-state index contributed by atoms with van der Waals surface area (Å²) in [5, 5.41) is 33.2. The van der Waals surface area contributed by atoms with Gasteiger partial charge in [0, 0.05) is 24.9 Å². The first-order chi connectivity index (χ1) is 10.8. The predicted molar refractivity (Wildman–Crippen MR) is 91.0 cm³/mol. The van der Waals surface area contributed by atoms with E-state index in [-0.39, 0.29) is 6.61 Å². The maximum Gasteiger partial charge on any atom is 0.158 e. The van der Waals surface area contributed by atoms with Crippen molar-refractivity contribution in [2.24, 2.45) is 5.92 Å². The Kier molecular flexibility index (Phi) is 5.96. The van der Waals surface area contributed by atoms with Crippen LogP contribution in [0.4, 0.5) is 5.82 Å². The maximum absolute atomic E-state index is 9.16. The molecule has 3 rings (SSSR count).